The summed E-state index contributed by atoms with van der Waals surface area (Å²) in [7, 11) is 0. The molecule has 1 fully saturated rings. The minimum Gasteiger partial charge on any atom is -0.335 e. The number of nitrogens with two attached hydrogens (primary N) is 1. The Morgan fingerprint density at radius 2 is 2.12 bits per heavy atom. The highest BCUT2D eigenvalue weighted by atomic mass is 16.2. The van der Waals surface area contributed by atoms with Crippen LogP contribution in [0.15, 0.2) is 30.3 Å². The van der Waals surface area contributed by atoms with Crippen molar-refractivity contribution in [2.24, 2.45) is 11.7 Å². The first-order valence-electron chi connectivity index (χ1n) is 6.30. The van der Waals surface area contributed by atoms with Gasteiger partial charge in [0.15, 0.2) is 0 Å². The molecule has 1 aliphatic rings. The second-order valence-corrected chi connectivity index (χ2v) is 4.69. The van der Waals surface area contributed by atoms with E-state index in [1.807, 2.05) is 23.1 Å². The molecule has 1 aromatic carbocycles. The molecule has 0 aromatic heterocycles. The van der Waals surface area contributed by atoms with Crippen LogP contribution in [0.5, 0.6) is 0 Å². The SMILES string of the molecule is CCC(c1ccccc1)N1CC(CN)CC1=O. The lowest BCUT2D eigenvalue weighted by atomic mass is 10.0. The van der Waals surface area contributed by atoms with Crippen molar-refractivity contribution in [2.45, 2.75) is 25.8 Å². The number of carbonyl (C=O) groups is 1. The van der Waals surface area contributed by atoms with Crippen molar-refractivity contribution in [1.82, 2.24) is 4.90 Å². The fraction of sp³-hybridized carbons (Fsp3) is 0.500. The number of rotatable bonds is 4. The van der Waals surface area contributed by atoms with Crippen LogP contribution in [0.1, 0.15) is 31.4 Å². The Kier molecular flexibility index (Phi) is 3.79. The average molecular weight is 232 g/mol. The first-order chi connectivity index (χ1) is 8.26. The molecule has 2 unspecified atom stereocenters. The Hall–Kier alpha value is -1.35. The van der Waals surface area contributed by atoms with Crippen LogP contribution < -0.4 is 5.73 Å². The molecule has 0 spiro atoms. The molecule has 1 saturated heterocycles. The third kappa shape index (κ3) is 2.50. The number of likely N-dealkylation sites (tertiary alicyclic amines) is 1. The van der Waals surface area contributed by atoms with Crippen molar-refractivity contribution in [3.63, 3.8) is 0 Å². The van der Waals surface area contributed by atoms with E-state index < -0.39 is 0 Å². The van der Waals surface area contributed by atoms with Gasteiger partial charge in [-0.15, -0.1) is 0 Å². The van der Waals surface area contributed by atoms with Crippen LogP contribution in [-0.2, 0) is 4.79 Å². The molecular weight excluding hydrogens is 212 g/mol. The first kappa shape index (κ1) is 12.1. The third-order valence-corrected chi connectivity index (χ3v) is 3.52. The lowest BCUT2D eigenvalue weighted by molar-refractivity contribution is -0.129. The van der Waals surface area contributed by atoms with Gasteiger partial charge in [0.2, 0.25) is 5.91 Å². The van der Waals surface area contributed by atoms with Gasteiger partial charge in [-0.25, -0.2) is 0 Å². The summed E-state index contributed by atoms with van der Waals surface area (Å²) < 4.78 is 0. The van der Waals surface area contributed by atoms with Crippen LogP contribution >= 0.6 is 0 Å². The van der Waals surface area contributed by atoms with E-state index >= 15 is 0 Å². The predicted octanol–water partition coefficient (Wildman–Crippen LogP) is 1.94. The highest BCUT2D eigenvalue weighted by Crippen LogP contribution is 2.30. The van der Waals surface area contributed by atoms with Gasteiger partial charge in [0.05, 0.1) is 6.04 Å². The summed E-state index contributed by atoms with van der Waals surface area (Å²) in [6.45, 7) is 3.54. The Bertz CT molecular complexity index is 377. The molecule has 92 valence electrons. The number of hydrogen-bond donors (Lipinski definition) is 1. The molecule has 0 aliphatic carbocycles. The largest absolute Gasteiger partial charge is 0.335 e. The summed E-state index contributed by atoms with van der Waals surface area (Å²) in [6.07, 6.45) is 1.56. The van der Waals surface area contributed by atoms with E-state index in [1.54, 1.807) is 0 Å². The van der Waals surface area contributed by atoms with Gasteiger partial charge in [-0.1, -0.05) is 37.3 Å². The predicted molar refractivity (Wildman–Crippen MR) is 68.3 cm³/mol. The fourth-order valence-electron chi connectivity index (χ4n) is 2.58. The van der Waals surface area contributed by atoms with Crippen LogP contribution in [0.25, 0.3) is 0 Å². The topological polar surface area (TPSA) is 46.3 Å². The minimum absolute atomic E-state index is 0.209. The van der Waals surface area contributed by atoms with E-state index in [-0.39, 0.29) is 11.9 Å². The first-order valence-corrected chi connectivity index (χ1v) is 6.30. The Morgan fingerprint density at radius 1 is 1.41 bits per heavy atom. The van der Waals surface area contributed by atoms with E-state index in [0.29, 0.717) is 18.9 Å². The van der Waals surface area contributed by atoms with E-state index in [2.05, 4.69) is 19.1 Å². The van der Waals surface area contributed by atoms with Crippen molar-refractivity contribution >= 4 is 5.91 Å². The molecule has 3 heteroatoms. The zero-order chi connectivity index (χ0) is 12.3. The number of hydrogen-bond acceptors (Lipinski definition) is 2. The van der Waals surface area contributed by atoms with E-state index in [1.165, 1.54) is 5.56 Å². The Balaban J connectivity index is 2.17. The van der Waals surface area contributed by atoms with Crippen LogP contribution in [-0.4, -0.2) is 23.9 Å². The molecule has 2 rings (SSSR count). The second-order valence-electron chi connectivity index (χ2n) is 4.69. The fourth-order valence-corrected chi connectivity index (χ4v) is 2.58. The smallest absolute Gasteiger partial charge is 0.223 e. The molecule has 2 atom stereocenters. The maximum atomic E-state index is 12.0. The molecule has 3 nitrogen and oxygen atoms in total. The maximum Gasteiger partial charge on any atom is 0.223 e. The number of amides is 1. The summed E-state index contributed by atoms with van der Waals surface area (Å²) in [5, 5.41) is 0. The molecule has 1 amide bonds. The minimum atomic E-state index is 0.209. The van der Waals surface area contributed by atoms with Gasteiger partial charge in [0, 0.05) is 13.0 Å². The number of benzene rings is 1. The van der Waals surface area contributed by atoms with Gasteiger partial charge < -0.3 is 10.6 Å². The molecule has 2 N–H and O–H groups in total. The molecule has 0 bridgehead atoms. The second kappa shape index (κ2) is 5.32. The molecule has 17 heavy (non-hydrogen) atoms. The maximum absolute atomic E-state index is 12.0. The quantitative estimate of drug-likeness (QED) is 0.862. The van der Waals surface area contributed by atoms with Crippen molar-refractivity contribution < 1.29 is 4.79 Å². The molecule has 1 heterocycles. The van der Waals surface area contributed by atoms with Crippen LogP contribution in [0.3, 0.4) is 0 Å². The van der Waals surface area contributed by atoms with Crippen molar-refractivity contribution in [2.75, 3.05) is 13.1 Å². The van der Waals surface area contributed by atoms with Gasteiger partial charge in [0.25, 0.3) is 0 Å². The Morgan fingerprint density at radius 3 is 2.65 bits per heavy atom. The van der Waals surface area contributed by atoms with Crippen LogP contribution in [0, 0.1) is 5.92 Å². The summed E-state index contributed by atoms with van der Waals surface area (Å²) in [5.74, 6) is 0.580. The zero-order valence-electron chi connectivity index (χ0n) is 10.3. The lowest BCUT2D eigenvalue weighted by Gasteiger charge is -2.27. The molecule has 1 aliphatic heterocycles. The van der Waals surface area contributed by atoms with Crippen molar-refractivity contribution in [3.8, 4) is 0 Å². The van der Waals surface area contributed by atoms with Gasteiger partial charge in [-0.05, 0) is 24.4 Å². The van der Waals surface area contributed by atoms with E-state index in [9.17, 15) is 4.79 Å². The Labute approximate surface area is 103 Å². The monoisotopic (exact) mass is 232 g/mol. The van der Waals surface area contributed by atoms with Gasteiger partial charge in [-0.3, -0.25) is 4.79 Å². The molecular formula is C14H20N2O. The van der Waals surface area contributed by atoms with Crippen molar-refractivity contribution in [1.29, 1.82) is 0 Å². The highest BCUT2D eigenvalue weighted by molar-refractivity contribution is 5.79. The third-order valence-electron chi connectivity index (χ3n) is 3.52. The van der Waals surface area contributed by atoms with Gasteiger partial charge in [0.1, 0.15) is 0 Å². The standard InChI is InChI=1S/C14H20N2O/c1-2-13(12-6-4-3-5-7-12)16-10-11(9-15)8-14(16)17/h3-7,11,13H,2,8-10,15H2,1H3. The summed E-state index contributed by atoms with van der Waals surface area (Å²) >= 11 is 0. The summed E-state index contributed by atoms with van der Waals surface area (Å²) in [6, 6.07) is 10.5. The normalized spacial score (nSPS) is 21.9. The van der Waals surface area contributed by atoms with Gasteiger partial charge in [-0.2, -0.15) is 0 Å². The average Bonchev–Trinajstić information content (AvgIpc) is 2.73. The summed E-state index contributed by atoms with van der Waals surface area (Å²) in [4.78, 5) is 14.0. The lowest BCUT2D eigenvalue weighted by Crippen LogP contribution is -2.30. The highest BCUT2D eigenvalue weighted by Gasteiger charge is 2.33. The van der Waals surface area contributed by atoms with Gasteiger partial charge >= 0.3 is 0 Å². The number of nitrogens with zero attached hydrogens (tertiary/aromatic N) is 1. The van der Waals surface area contributed by atoms with Crippen LogP contribution in [0.4, 0.5) is 0 Å². The number of carbonyl (C=O) groups excluding carboxylic acids is 1. The zero-order valence-corrected chi connectivity index (χ0v) is 10.3. The van der Waals surface area contributed by atoms with Crippen molar-refractivity contribution in [3.05, 3.63) is 35.9 Å². The molecule has 1 aromatic rings. The molecule has 0 radical (unpaired) electrons. The van der Waals surface area contributed by atoms with E-state index in [0.717, 1.165) is 13.0 Å². The molecule has 0 saturated carbocycles. The van der Waals surface area contributed by atoms with E-state index in [4.69, 9.17) is 5.73 Å². The van der Waals surface area contributed by atoms with Crippen LogP contribution in [0.2, 0.25) is 0 Å². The summed E-state index contributed by atoms with van der Waals surface area (Å²) in [5.41, 5.74) is 6.88.